The molecule has 2 aromatic carbocycles. The van der Waals surface area contributed by atoms with Gasteiger partial charge in [-0.15, -0.1) is 13.2 Å². The zero-order valence-corrected chi connectivity index (χ0v) is 16.9. The lowest BCUT2D eigenvalue weighted by Crippen LogP contribution is -2.40. The highest BCUT2D eigenvalue weighted by Crippen LogP contribution is 2.38. The zero-order chi connectivity index (χ0) is 22.5. The van der Waals surface area contributed by atoms with Crippen molar-refractivity contribution < 1.29 is 37.0 Å². The first-order chi connectivity index (χ1) is 15.3. The Morgan fingerprint density at radius 1 is 1.09 bits per heavy atom. The van der Waals surface area contributed by atoms with E-state index in [1.807, 2.05) is 0 Å². The van der Waals surface area contributed by atoms with Gasteiger partial charge in [0.1, 0.15) is 5.75 Å². The van der Waals surface area contributed by atoms with Gasteiger partial charge in [0.15, 0.2) is 11.5 Å². The number of ether oxygens (including phenoxy) is 3. The van der Waals surface area contributed by atoms with Crippen LogP contribution in [0.5, 0.6) is 17.2 Å². The summed E-state index contributed by atoms with van der Waals surface area (Å²) in [6.07, 6.45) is -3.56. The molecule has 7 nitrogen and oxygen atoms in total. The van der Waals surface area contributed by atoms with E-state index in [1.165, 1.54) is 18.2 Å². The number of halogens is 3. The van der Waals surface area contributed by atoms with Crippen LogP contribution in [0.15, 0.2) is 36.4 Å². The number of amides is 2. The second-order valence-electron chi connectivity index (χ2n) is 7.87. The van der Waals surface area contributed by atoms with Gasteiger partial charge in [0.2, 0.25) is 18.6 Å². The van der Waals surface area contributed by atoms with Crippen molar-refractivity contribution in [3.63, 3.8) is 0 Å². The summed E-state index contributed by atoms with van der Waals surface area (Å²) in [6.45, 7) is 0.788. The maximum Gasteiger partial charge on any atom is 0.573 e. The highest BCUT2D eigenvalue weighted by molar-refractivity contribution is 6.05. The van der Waals surface area contributed by atoms with Crippen LogP contribution < -0.4 is 24.0 Å². The summed E-state index contributed by atoms with van der Waals surface area (Å²) in [5.74, 6) is -0.0975. The lowest BCUT2D eigenvalue weighted by Gasteiger charge is -2.31. The van der Waals surface area contributed by atoms with Gasteiger partial charge in [-0.05, 0) is 48.7 Å². The van der Waals surface area contributed by atoms with Gasteiger partial charge in [-0.3, -0.25) is 9.59 Å². The molecule has 168 valence electrons. The van der Waals surface area contributed by atoms with E-state index in [2.05, 4.69) is 4.74 Å². The van der Waals surface area contributed by atoms with Crippen LogP contribution in [0.4, 0.5) is 24.5 Å². The van der Waals surface area contributed by atoms with E-state index in [9.17, 15) is 22.8 Å². The number of fused-ring (bicyclic) bond motifs is 2. The van der Waals surface area contributed by atoms with Crippen LogP contribution in [0.3, 0.4) is 0 Å². The highest BCUT2D eigenvalue weighted by atomic mass is 19.4. The summed E-state index contributed by atoms with van der Waals surface area (Å²) < 4.78 is 52.3. The van der Waals surface area contributed by atoms with E-state index in [0.717, 1.165) is 0 Å². The Kier molecular flexibility index (Phi) is 4.87. The number of hydrogen-bond acceptors (Lipinski definition) is 5. The van der Waals surface area contributed by atoms with E-state index in [1.54, 1.807) is 28.0 Å². The van der Waals surface area contributed by atoms with Gasteiger partial charge in [-0.2, -0.15) is 0 Å². The van der Waals surface area contributed by atoms with Gasteiger partial charge < -0.3 is 24.0 Å². The van der Waals surface area contributed by atoms with Crippen LogP contribution in [-0.4, -0.2) is 38.1 Å². The lowest BCUT2D eigenvalue weighted by atomic mass is 9.98. The first kappa shape index (κ1) is 20.5. The van der Waals surface area contributed by atoms with Crippen molar-refractivity contribution in [3.05, 3.63) is 42.0 Å². The third kappa shape index (κ3) is 3.80. The molecule has 0 bridgehead atoms. The topological polar surface area (TPSA) is 68.3 Å². The average molecular weight is 448 g/mol. The Morgan fingerprint density at radius 2 is 1.91 bits per heavy atom. The third-order valence-electron chi connectivity index (χ3n) is 5.81. The van der Waals surface area contributed by atoms with E-state index in [-0.39, 0.29) is 37.3 Å². The van der Waals surface area contributed by atoms with Crippen molar-refractivity contribution in [2.24, 2.45) is 5.92 Å². The number of alkyl halides is 3. The molecule has 1 fully saturated rings. The standard InChI is InChI=1S/C22H19F3N2O5/c23-22(24,25)32-16-4-5-17-13(8-16)2-1-7-26(17)21(29)14-9-20(28)27(11-14)15-3-6-18-19(10-15)31-12-30-18/h3-6,8,10,14H,1-2,7,9,11-12H2. The molecule has 10 heteroatoms. The number of anilines is 2. The molecule has 1 saturated heterocycles. The molecule has 2 amide bonds. The second-order valence-corrected chi connectivity index (χ2v) is 7.87. The molecular formula is C22H19F3N2O5. The zero-order valence-electron chi connectivity index (χ0n) is 16.9. The van der Waals surface area contributed by atoms with E-state index in [0.29, 0.717) is 47.8 Å². The van der Waals surface area contributed by atoms with Gasteiger partial charge >= 0.3 is 6.36 Å². The first-order valence-corrected chi connectivity index (χ1v) is 10.2. The Hall–Kier alpha value is -3.43. The number of aryl methyl sites for hydroxylation is 1. The van der Waals surface area contributed by atoms with Gasteiger partial charge in [0, 0.05) is 37.0 Å². The number of carbonyl (C=O) groups excluding carboxylic acids is 2. The average Bonchev–Trinajstić information content (AvgIpc) is 3.37. The van der Waals surface area contributed by atoms with Gasteiger partial charge in [0.05, 0.1) is 5.92 Å². The normalized spacial score (nSPS) is 19.8. The number of nitrogens with zero attached hydrogens (tertiary/aromatic N) is 2. The summed E-state index contributed by atoms with van der Waals surface area (Å²) in [5.41, 5.74) is 1.80. The Bertz CT molecular complexity index is 1090. The van der Waals surface area contributed by atoms with Crippen molar-refractivity contribution >= 4 is 23.2 Å². The van der Waals surface area contributed by atoms with E-state index in [4.69, 9.17) is 9.47 Å². The summed E-state index contributed by atoms with van der Waals surface area (Å²) in [7, 11) is 0. The molecule has 3 aliphatic heterocycles. The summed E-state index contributed by atoms with van der Waals surface area (Å²) in [4.78, 5) is 29.1. The summed E-state index contributed by atoms with van der Waals surface area (Å²) >= 11 is 0. The largest absolute Gasteiger partial charge is 0.573 e. The maximum absolute atomic E-state index is 13.3. The number of benzene rings is 2. The summed E-state index contributed by atoms with van der Waals surface area (Å²) in [6, 6.07) is 9.18. The number of hydrogen-bond donors (Lipinski definition) is 0. The van der Waals surface area contributed by atoms with E-state index >= 15 is 0 Å². The molecule has 0 aromatic heterocycles. The van der Waals surface area contributed by atoms with Crippen LogP contribution in [0, 0.1) is 5.92 Å². The Balaban J connectivity index is 1.34. The van der Waals surface area contributed by atoms with Crippen LogP contribution in [0.2, 0.25) is 0 Å². The smallest absolute Gasteiger partial charge is 0.454 e. The van der Waals surface area contributed by atoms with Crippen molar-refractivity contribution in [3.8, 4) is 17.2 Å². The van der Waals surface area contributed by atoms with Crippen molar-refractivity contribution in [2.45, 2.75) is 25.6 Å². The molecule has 3 heterocycles. The minimum Gasteiger partial charge on any atom is -0.454 e. The highest BCUT2D eigenvalue weighted by Gasteiger charge is 2.39. The third-order valence-corrected chi connectivity index (χ3v) is 5.81. The fraction of sp³-hybridized carbons (Fsp3) is 0.364. The van der Waals surface area contributed by atoms with Crippen LogP contribution in [0.1, 0.15) is 18.4 Å². The maximum atomic E-state index is 13.3. The fourth-order valence-electron chi connectivity index (χ4n) is 4.40. The van der Waals surface area contributed by atoms with Crippen LogP contribution in [0.25, 0.3) is 0 Å². The minimum atomic E-state index is -4.78. The van der Waals surface area contributed by atoms with Gasteiger partial charge in [-0.25, -0.2) is 0 Å². The molecule has 3 aliphatic rings. The van der Waals surface area contributed by atoms with Crippen molar-refractivity contribution in [1.29, 1.82) is 0 Å². The fourth-order valence-corrected chi connectivity index (χ4v) is 4.40. The lowest BCUT2D eigenvalue weighted by molar-refractivity contribution is -0.274. The van der Waals surface area contributed by atoms with E-state index < -0.39 is 12.3 Å². The molecule has 32 heavy (non-hydrogen) atoms. The molecular weight excluding hydrogens is 429 g/mol. The predicted octanol–water partition coefficient (Wildman–Crippen LogP) is 3.65. The van der Waals surface area contributed by atoms with Crippen molar-refractivity contribution in [1.82, 2.24) is 0 Å². The monoisotopic (exact) mass is 448 g/mol. The molecule has 1 unspecified atom stereocenters. The quantitative estimate of drug-likeness (QED) is 0.717. The number of rotatable bonds is 3. The minimum absolute atomic E-state index is 0.0639. The molecule has 0 saturated carbocycles. The molecule has 1 atom stereocenters. The van der Waals surface area contributed by atoms with Crippen molar-refractivity contribution in [2.75, 3.05) is 29.7 Å². The first-order valence-electron chi connectivity index (χ1n) is 10.2. The van der Waals surface area contributed by atoms with Crippen LogP contribution in [-0.2, 0) is 16.0 Å². The van der Waals surface area contributed by atoms with Gasteiger partial charge in [0.25, 0.3) is 0 Å². The Morgan fingerprint density at radius 3 is 2.72 bits per heavy atom. The summed E-state index contributed by atoms with van der Waals surface area (Å²) in [5, 5.41) is 0. The Labute approximate surface area is 181 Å². The molecule has 0 radical (unpaired) electrons. The molecule has 5 rings (SSSR count). The number of carbonyl (C=O) groups is 2. The second kappa shape index (κ2) is 7.61. The molecule has 0 aliphatic carbocycles. The molecule has 0 N–H and O–H groups in total. The molecule has 2 aromatic rings. The van der Waals surface area contributed by atoms with Gasteiger partial charge in [-0.1, -0.05) is 0 Å². The molecule has 0 spiro atoms. The van der Waals surface area contributed by atoms with Crippen LogP contribution >= 0.6 is 0 Å². The SMILES string of the molecule is O=C1CC(C(=O)N2CCCc3cc(OC(F)(F)F)ccc32)CN1c1ccc2c(c1)OCO2. The predicted molar refractivity (Wildman–Crippen MR) is 107 cm³/mol.